The Morgan fingerprint density at radius 2 is 1.96 bits per heavy atom. The molecular formula is C19H23FN4O. The lowest BCUT2D eigenvalue weighted by molar-refractivity contribution is 0.199. The van der Waals surface area contributed by atoms with Crippen LogP contribution in [0.5, 0.6) is 0 Å². The van der Waals surface area contributed by atoms with Gasteiger partial charge >= 0.3 is 0 Å². The highest BCUT2D eigenvalue weighted by molar-refractivity contribution is 5.68. The van der Waals surface area contributed by atoms with Gasteiger partial charge in [0.25, 0.3) is 0 Å². The molecule has 0 amide bonds. The van der Waals surface area contributed by atoms with Crippen LogP contribution >= 0.6 is 0 Å². The van der Waals surface area contributed by atoms with Gasteiger partial charge in [-0.25, -0.2) is 4.39 Å². The van der Waals surface area contributed by atoms with Crippen LogP contribution in [0.25, 0.3) is 11.3 Å². The van der Waals surface area contributed by atoms with E-state index < -0.39 is 6.10 Å². The molecular weight excluding hydrogens is 319 g/mol. The summed E-state index contributed by atoms with van der Waals surface area (Å²) < 4.78 is 17.3. The van der Waals surface area contributed by atoms with Crippen molar-refractivity contribution in [2.75, 3.05) is 0 Å². The maximum Gasteiger partial charge on any atom is 0.123 e. The standard InChI is InChI=1S/C19H23FN4O/c1-5-24-11-14(12(2)21-24)8-15-10-23(4)22-19(15)17-7-6-16(20)9-18(17)13(3)25/h6-7,9-11,13,25H,5,8H2,1-4H3/t13-/m1/s1. The highest BCUT2D eigenvalue weighted by Crippen LogP contribution is 2.31. The number of hydrogen-bond acceptors (Lipinski definition) is 3. The minimum Gasteiger partial charge on any atom is -0.389 e. The lowest BCUT2D eigenvalue weighted by Crippen LogP contribution is -1.99. The summed E-state index contributed by atoms with van der Waals surface area (Å²) in [6.45, 7) is 6.51. The number of halogens is 1. The summed E-state index contributed by atoms with van der Waals surface area (Å²) in [6.07, 6.45) is 3.93. The zero-order valence-electron chi connectivity index (χ0n) is 15.0. The molecule has 1 atom stereocenters. The van der Waals surface area contributed by atoms with E-state index in [-0.39, 0.29) is 5.82 Å². The Hall–Kier alpha value is -2.47. The van der Waals surface area contributed by atoms with E-state index in [1.165, 1.54) is 12.1 Å². The second kappa shape index (κ2) is 6.80. The molecule has 132 valence electrons. The molecule has 5 nitrogen and oxygen atoms in total. The fourth-order valence-corrected chi connectivity index (χ4v) is 3.09. The largest absolute Gasteiger partial charge is 0.389 e. The Balaban J connectivity index is 2.06. The maximum atomic E-state index is 13.6. The molecule has 3 rings (SSSR count). The molecule has 25 heavy (non-hydrogen) atoms. The summed E-state index contributed by atoms with van der Waals surface area (Å²) >= 11 is 0. The van der Waals surface area contributed by atoms with Crippen LogP contribution < -0.4 is 0 Å². The maximum absolute atomic E-state index is 13.6. The number of aromatic nitrogens is 4. The van der Waals surface area contributed by atoms with Gasteiger partial charge in [-0.1, -0.05) is 0 Å². The molecule has 3 aromatic rings. The molecule has 0 aliphatic rings. The fourth-order valence-electron chi connectivity index (χ4n) is 3.09. The first-order chi connectivity index (χ1) is 11.9. The molecule has 0 spiro atoms. The summed E-state index contributed by atoms with van der Waals surface area (Å²) in [5.74, 6) is -0.364. The van der Waals surface area contributed by atoms with Crippen LogP contribution in [0.1, 0.15) is 42.3 Å². The Bertz CT molecular complexity index is 895. The summed E-state index contributed by atoms with van der Waals surface area (Å²) in [7, 11) is 1.86. The van der Waals surface area contributed by atoms with Gasteiger partial charge in [-0.15, -0.1) is 0 Å². The van der Waals surface area contributed by atoms with Crippen molar-refractivity contribution in [3.8, 4) is 11.3 Å². The van der Waals surface area contributed by atoms with Crippen molar-refractivity contribution in [3.05, 3.63) is 58.8 Å². The van der Waals surface area contributed by atoms with Crippen LogP contribution in [-0.2, 0) is 20.0 Å². The number of rotatable bonds is 5. The highest BCUT2D eigenvalue weighted by atomic mass is 19.1. The van der Waals surface area contributed by atoms with Gasteiger partial charge in [-0.2, -0.15) is 10.2 Å². The lowest BCUT2D eigenvalue weighted by Gasteiger charge is -2.12. The summed E-state index contributed by atoms with van der Waals surface area (Å²) in [6, 6.07) is 4.46. The Morgan fingerprint density at radius 3 is 2.60 bits per heavy atom. The molecule has 0 bridgehead atoms. The zero-order valence-corrected chi connectivity index (χ0v) is 15.0. The molecule has 0 aliphatic heterocycles. The van der Waals surface area contributed by atoms with Gasteiger partial charge in [0.2, 0.25) is 0 Å². The van der Waals surface area contributed by atoms with E-state index in [9.17, 15) is 9.50 Å². The van der Waals surface area contributed by atoms with Crippen molar-refractivity contribution in [3.63, 3.8) is 0 Å². The number of aliphatic hydroxyl groups is 1. The molecule has 2 heterocycles. The number of hydrogen-bond donors (Lipinski definition) is 1. The summed E-state index contributed by atoms with van der Waals surface area (Å²) in [5, 5.41) is 19.1. The van der Waals surface area contributed by atoms with Crippen molar-refractivity contribution in [2.45, 2.75) is 39.8 Å². The van der Waals surface area contributed by atoms with Crippen LogP contribution in [0.15, 0.2) is 30.6 Å². The minimum absolute atomic E-state index is 0.364. The number of aliphatic hydroxyl groups excluding tert-OH is 1. The van der Waals surface area contributed by atoms with Crippen LogP contribution in [0.4, 0.5) is 4.39 Å². The molecule has 2 aromatic heterocycles. The van der Waals surface area contributed by atoms with Gasteiger partial charge in [-0.3, -0.25) is 9.36 Å². The van der Waals surface area contributed by atoms with E-state index in [1.54, 1.807) is 17.7 Å². The average Bonchev–Trinajstić information content (AvgIpc) is 3.10. The Morgan fingerprint density at radius 1 is 1.20 bits per heavy atom. The molecule has 0 radical (unpaired) electrons. The first kappa shape index (κ1) is 17.4. The molecule has 0 fully saturated rings. The van der Waals surface area contributed by atoms with Crippen LogP contribution in [0, 0.1) is 12.7 Å². The van der Waals surface area contributed by atoms with E-state index in [1.807, 2.05) is 31.0 Å². The third-order valence-electron chi connectivity index (χ3n) is 4.38. The normalized spacial score (nSPS) is 12.6. The molecule has 0 saturated carbocycles. The zero-order chi connectivity index (χ0) is 18.1. The third kappa shape index (κ3) is 3.49. The van der Waals surface area contributed by atoms with E-state index in [0.717, 1.165) is 34.6 Å². The Labute approximate surface area is 146 Å². The molecule has 0 saturated heterocycles. The Kier molecular flexibility index (Phi) is 4.72. The van der Waals surface area contributed by atoms with Crippen LogP contribution in [0.3, 0.4) is 0 Å². The fraction of sp³-hybridized carbons (Fsp3) is 0.368. The van der Waals surface area contributed by atoms with Gasteiger partial charge in [0.1, 0.15) is 5.82 Å². The van der Waals surface area contributed by atoms with Crippen LogP contribution in [-0.4, -0.2) is 24.7 Å². The number of aryl methyl sites for hydroxylation is 3. The molecule has 1 aromatic carbocycles. The van der Waals surface area contributed by atoms with Gasteiger partial charge in [0.15, 0.2) is 0 Å². The molecule has 0 unspecified atom stereocenters. The van der Waals surface area contributed by atoms with E-state index in [4.69, 9.17) is 0 Å². The van der Waals surface area contributed by atoms with Gasteiger partial charge in [0, 0.05) is 43.5 Å². The molecule has 6 heteroatoms. The van der Waals surface area contributed by atoms with E-state index >= 15 is 0 Å². The van der Waals surface area contributed by atoms with Crippen molar-refractivity contribution in [2.24, 2.45) is 7.05 Å². The second-order valence-electron chi connectivity index (χ2n) is 6.36. The SMILES string of the molecule is CCn1cc(Cc2cn(C)nc2-c2ccc(F)cc2[C@@H](C)O)c(C)n1. The van der Waals surface area contributed by atoms with E-state index in [2.05, 4.69) is 17.1 Å². The summed E-state index contributed by atoms with van der Waals surface area (Å²) in [5.41, 5.74) is 5.22. The summed E-state index contributed by atoms with van der Waals surface area (Å²) in [4.78, 5) is 0. The minimum atomic E-state index is -0.773. The van der Waals surface area contributed by atoms with E-state index in [0.29, 0.717) is 12.0 Å². The smallest absolute Gasteiger partial charge is 0.123 e. The quantitative estimate of drug-likeness (QED) is 0.773. The van der Waals surface area contributed by atoms with Crippen LogP contribution in [0.2, 0.25) is 0 Å². The van der Waals surface area contributed by atoms with Crippen molar-refractivity contribution < 1.29 is 9.50 Å². The monoisotopic (exact) mass is 342 g/mol. The van der Waals surface area contributed by atoms with Gasteiger partial charge in [-0.05, 0) is 50.1 Å². The molecule has 1 N–H and O–H groups in total. The molecule has 0 aliphatic carbocycles. The lowest BCUT2D eigenvalue weighted by atomic mass is 9.96. The average molecular weight is 342 g/mol. The number of nitrogens with zero attached hydrogens (tertiary/aromatic N) is 4. The second-order valence-corrected chi connectivity index (χ2v) is 6.36. The van der Waals surface area contributed by atoms with Crippen molar-refractivity contribution in [1.29, 1.82) is 0 Å². The number of benzene rings is 1. The van der Waals surface area contributed by atoms with Gasteiger partial charge in [0.05, 0.1) is 17.5 Å². The first-order valence-corrected chi connectivity index (χ1v) is 8.42. The topological polar surface area (TPSA) is 55.9 Å². The van der Waals surface area contributed by atoms with Crippen molar-refractivity contribution >= 4 is 0 Å². The third-order valence-corrected chi connectivity index (χ3v) is 4.38. The highest BCUT2D eigenvalue weighted by Gasteiger charge is 2.18. The van der Waals surface area contributed by atoms with Crippen molar-refractivity contribution in [1.82, 2.24) is 19.6 Å². The predicted molar refractivity (Wildman–Crippen MR) is 94.7 cm³/mol. The predicted octanol–water partition coefficient (Wildman–Crippen LogP) is 3.40. The van der Waals surface area contributed by atoms with Gasteiger partial charge < -0.3 is 5.11 Å². The first-order valence-electron chi connectivity index (χ1n) is 8.42.